The smallest absolute Gasteiger partial charge is 0.161 e. The lowest BCUT2D eigenvalue weighted by molar-refractivity contribution is 0.296. The number of nitrogens with zero attached hydrogens (tertiary/aromatic N) is 1. The van der Waals surface area contributed by atoms with E-state index in [0.717, 1.165) is 43.6 Å². The molecule has 0 aromatic heterocycles. The highest BCUT2D eigenvalue weighted by Gasteiger charge is 2.10. The van der Waals surface area contributed by atoms with Gasteiger partial charge in [-0.1, -0.05) is 6.07 Å². The van der Waals surface area contributed by atoms with E-state index in [1.807, 2.05) is 13.1 Å². The molecule has 2 rings (SSSR count). The number of fused-ring (bicyclic) bond motifs is 1. The van der Waals surface area contributed by atoms with Crippen LogP contribution in [0.5, 0.6) is 11.5 Å². The van der Waals surface area contributed by atoms with Crippen molar-refractivity contribution in [2.75, 3.05) is 26.1 Å². The van der Waals surface area contributed by atoms with Crippen molar-refractivity contribution in [1.29, 1.82) is 0 Å². The van der Waals surface area contributed by atoms with E-state index >= 15 is 0 Å². The Morgan fingerprint density at radius 1 is 1.25 bits per heavy atom. The van der Waals surface area contributed by atoms with Crippen LogP contribution in [0.25, 0.3) is 0 Å². The number of thiol groups is 1. The summed E-state index contributed by atoms with van der Waals surface area (Å²) in [7, 11) is 2.04. The van der Waals surface area contributed by atoms with Crippen molar-refractivity contribution in [1.82, 2.24) is 4.90 Å². The molecule has 16 heavy (non-hydrogen) atoms. The number of ether oxygens (including phenoxy) is 2. The summed E-state index contributed by atoms with van der Waals surface area (Å²) in [5.41, 5.74) is 1.22. The molecule has 3 nitrogen and oxygen atoms in total. The molecule has 4 heteroatoms. The molecule has 0 aliphatic carbocycles. The first-order chi connectivity index (χ1) is 7.79. The molecule has 0 saturated heterocycles. The molecule has 1 aliphatic heterocycles. The van der Waals surface area contributed by atoms with E-state index in [4.69, 9.17) is 9.47 Å². The van der Waals surface area contributed by atoms with E-state index in [2.05, 4.69) is 29.7 Å². The Labute approximate surface area is 102 Å². The number of rotatable bonds is 3. The van der Waals surface area contributed by atoms with Crippen LogP contribution >= 0.6 is 12.6 Å². The molecule has 1 aromatic carbocycles. The van der Waals surface area contributed by atoms with Gasteiger partial charge in [-0.25, -0.2) is 0 Å². The van der Waals surface area contributed by atoms with Crippen LogP contribution in [0.3, 0.4) is 0 Å². The van der Waals surface area contributed by atoms with Gasteiger partial charge in [0.05, 0.1) is 13.2 Å². The lowest BCUT2D eigenvalue weighted by Gasteiger charge is -2.15. The third kappa shape index (κ3) is 2.83. The second-order valence-electron chi connectivity index (χ2n) is 3.99. The quantitative estimate of drug-likeness (QED) is 0.645. The fourth-order valence-electron chi connectivity index (χ4n) is 1.67. The fraction of sp³-hybridized carbons (Fsp3) is 0.500. The predicted octanol–water partition coefficient (Wildman–Crippen LogP) is 2.17. The summed E-state index contributed by atoms with van der Waals surface area (Å²) >= 11 is 4.23. The second-order valence-corrected chi connectivity index (χ2v) is 4.27. The first-order valence-electron chi connectivity index (χ1n) is 5.47. The van der Waals surface area contributed by atoms with Gasteiger partial charge in [-0.3, -0.25) is 4.90 Å². The monoisotopic (exact) mass is 239 g/mol. The van der Waals surface area contributed by atoms with Crippen LogP contribution in [-0.4, -0.2) is 31.0 Å². The zero-order valence-electron chi connectivity index (χ0n) is 9.48. The standard InChI is InChI=1S/C12H17NO2S/c1-13(9-16)8-10-3-4-11-12(7-10)15-6-2-5-14-11/h3-4,7,16H,2,5-6,8-9H2,1H3. The van der Waals surface area contributed by atoms with Gasteiger partial charge in [-0.05, 0) is 24.7 Å². The van der Waals surface area contributed by atoms with Gasteiger partial charge in [-0.2, -0.15) is 12.6 Å². The fourth-order valence-corrected chi connectivity index (χ4v) is 1.77. The Balaban J connectivity index is 2.14. The van der Waals surface area contributed by atoms with Crippen molar-refractivity contribution in [2.45, 2.75) is 13.0 Å². The summed E-state index contributed by atoms with van der Waals surface area (Å²) in [4.78, 5) is 2.13. The molecule has 0 amide bonds. The zero-order chi connectivity index (χ0) is 11.4. The molecule has 88 valence electrons. The van der Waals surface area contributed by atoms with Crippen molar-refractivity contribution in [3.05, 3.63) is 23.8 Å². The van der Waals surface area contributed by atoms with Gasteiger partial charge in [0, 0.05) is 18.8 Å². The number of benzene rings is 1. The van der Waals surface area contributed by atoms with E-state index in [-0.39, 0.29) is 0 Å². The van der Waals surface area contributed by atoms with E-state index in [9.17, 15) is 0 Å². The number of hydrogen-bond donors (Lipinski definition) is 1. The summed E-state index contributed by atoms with van der Waals surface area (Å²) in [6.07, 6.45) is 0.945. The van der Waals surface area contributed by atoms with Crippen LogP contribution in [0.1, 0.15) is 12.0 Å². The summed E-state index contributed by atoms with van der Waals surface area (Å²) in [6.45, 7) is 2.35. The van der Waals surface area contributed by atoms with Gasteiger partial charge in [0.1, 0.15) is 0 Å². The van der Waals surface area contributed by atoms with Gasteiger partial charge in [-0.15, -0.1) is 0 Å². The van der Waals surface area contributed by atoms with Gasteiger partial charge in [0.25, 0.3) is 0 Å². The molecule has 1 aliphatic rings. The lowest BCUT2D eigenvalue weighted by atomic mass is 10.2. The lowest BCUT2D eigenvalue weighted by Crippen LogP contribution is -2.15. The highest BCUT2D eigenvalue weighted by Crippen LogP contribution is 2.30. The Kier molecular flexibility index (Phi) is 3.96. The first kappa shape index (κ1) is 11.6. The largest absolute Gasteiger partial charge is 0.490 e. The van der Waals surface area contributed by atoms with Crippen LogP contribution in [0.4, 0.5) is 0 Å². The summed E-state index contributed by atoms with van der Waals surface area (Å²) < 4.78 is 11.2. The molecule has 0 radical (unpaired) electrons. The van der Waals surface area contributed by atoms with E-state index in [0.29, 0.717) is 0 Å². The molecule has 1 aromatic rings. The van der Waals surface area contributed by atoms with Crippen molar-refractivity contribution >= 4 is 12.6 Å². The average molecular weight is 239 g/mol. The number of hydrogen-bond acceptors (Lipinski definition) is 4. The van der Waals surface area contributed by atoms with Crippen LogP contribution in [0, 0.1) is 0 Å². The summed E-state index contributed by atoms with van der Waals surface area (Å²) in [5.74, 6) is 2.46. The van der Waals surface area contributed by atoms with Crippen molar-refractivity contribution in [3.63, 3.8) is 0 Å². The minimum atomic E-state index is 0.735. The topological polar surface area (TPSA) is 21.7 Å². The van der Waals surface area contributed by atoms with E-state index < -0.39 is 0 Å². The predicted molar refractivity (Wildman–Crippen MR) is 67.4 cm³/mol. The van der Waals surface area contributed by atoms with Crippen LogP contribution in [0.2, 0.25) is 0 Å². The SMILES string of the molecule is CN(CS)Cc1ccc2c(c1)OCCCO2. The maximum atomic E-state index is 5.64. The minimum Gasteiger partial charge on any atom is -0.490 e. The Morgan fingerprint density at radius 2 is 2.00 bits per heavy atom. The Morgan fingerprint density at radius 3 is 2.75 bits per heavy atom. The van der Waals surface area contributed by atoms with E-state index in [1.165, 1.54) is 5.56 Å². The molecule has 0 saturated carbocycles. The maximum absolute atomic E-state index is 5.64. The molecular weight excluding hydrogens is 222 g/mol. The van der Waals surface area contributed by atoms with Crippen molar-refractivity contribution < 1.29 is 9.47 Å². The van der Waals surface area contributed by atoms with Crippen LogP contribution in [-0.2, 0) is 6.54 Å². The molecule has 0 bridgehead atoms. The Bertz CT molecular complexity index is 357. The van der Waals surface area contributed by atoms with Gasteiger partial charge >= 0.3 is 0 Å². The van der Waals surface area contributed by atoms with Gasteiger partial charge in [0.15, 0.2) is 11.5 Å². The molecular formula is C12H17NO2S. The van der Waals surface area contributed by atoms with Crippen molar-refractivity contribution in [2.24, 2.45) is 0 Å². The average Bonchev–Trinajstić information content (AvgIpc) is 2.53. The van der Waals surface area contributed by atoms with Crippen molar-refractivity contribution in [3.8, 4) is 11.5 Å². The molecule has 0 spiro atoms. The molecule has 0 fully saturated rings. The molecule has 0 unspecified atom stereocenters. The van der Waals surface area contributed by atoms with Crippen LogP contribution < -0.4 is 9.47 Å². The normalized spacial score (nSPS) is 14.9. The third-order valence-corrected chi connectivity index (χ3v) is 2.99. The van der Waals surface area contributed by atoms with Crippen LogP contribution in [0.15, 0.2) is 18.2 Å². The highest BCUT2D eigenvalue weighted by molar-refractivity contribution is 7.80. The second kappa shape index (κ2) is 5.46. The summed E-state index contributed by atoms with van der Waals surface area (Å²) in [6, 6.07) is 6.12. The zero-order valence-corrected chi connectivity index (χ0v) is 10.4. The van der Waals surface area contributed by atoms with E-state index in [1.54, 1.807) is 0 Å². The molecule has 1 heterocycles. The summed E-state index contributed by atoms with van der Waals surface area (Å²) in [5, 5.41) is 0. The molecule has 0 atom stereocenters. The van der Waals surface area contributed by atoms with Gasteiger partial charge in [0.2, 0.25) is 0 Å². The Hall–Kier alpha value is -0.870. The van der Waals surface area contributed by atoms with Gasteiger partial charge < -0.3 is 9.47 Å². The minimum absolute atomic E-state index is 0.735. The third-order valence-electron chi connectivity index (χ3n) is 2.51. The highest BCUT2D eigenvalue weighted by atomic mass is 32.1. The maximum Gasteiger partial charge on any atom is 0.161 e. The molecule has 0 N–H and O–H groups in total. The first-order valence-corrected chi connectivity index (χ1v) is 6.11.